The van der Waals surface area contributed by atoms with Crippen molar-refractivity contribution < 1.29 is 4.79 Å². The quantitative estimate of drug-likeness (QED) is 0.657. The van der Waals surface area contributed by atoms with E-state index in [-0.39, 0.29) is 11.8 Å². The molecular weight excluding hydrogens is 192 g/mol. The number of nitrogens with one attached hydrogen (secondary N) is 2. The van der Waals surface area contributed by atoms with E-state index in [0.717, 1.165) is 12.2 Å². The van der Waals surface area contributed by atoms with E-state index in [1.54, 1.807) is 12.4 Å². The minimum absolute atomic E-state index is 0.124. The molecule has 84 valence electrons. The van der Waals surface area contributed by atoms with Gasteiger partial charge in [-0.2, -0.15) is 0 Å². The van der Waals surface area contributed by atoms with E-state index in [2.05, 4.69) is 15.3 Å². The Kier molecular flexibility index (Phi) is 4.30. The van der Waals surface area contributed by atoms with Crippen molar-refractivity contribution in [1.29, 1.82) is 0 Å². The van der Waals surface area contributed by atoms with Crippen molar-refractivity contribution in [2.24, 2.45) is 11.7 Å². The highest BCUT2D eigenvalue weighted by molar-refractivity contribution is 5.81. The van der Waals surface area contributed by atoms with E-state index >= 15 is 0 Å². The zero-order valence-electron chi connectivity index (χ0n) is 9.16. The highest BCUT2D eigenvalue weighted by Crippen LogP contribution is 2.05. The van der Waals surface area contributed by atoms with Crippen molar-refractivity contribution in [1.82, 2.24) is 15.3 Å². The van der Waals surface area contributed by atoms with Crippen LogP contribution < -0.4 is 11.1 Å². The van der Waals surface area contributed by atoms with E-state index in [1.165, 1.54) is 0 Å². The molecule has 0 aliphatic heterocycles. The number of aromatic nitrogens is 2. The molecule has 1 amide bonds. The molecular formula is C10H18N4O. The van der Waals surface area contributed by atoms with Crippen molar-refractivity contribution in [3.63, 3.8) is 0 Å². The summed E-state index contributed by atoms with van der Waals surface area (Å²) in [6, 6.07) is -0.440. The fourth-order valence-electron chi connectivity index (χ4n) is 1.20. The number of amides is 1. The van der Waals surface area contributed by atoms with Crippen LogP contribution in [-0.2, 0) is 11.3 Å². The number of hydrogen-bond acceptors (Lipinski definition) is 3. The molecule has 2 atom stereocenters. The molecule has 1 rings (SSSR count). The minimum atomic E-state index is -0.440. The van der Waals surface area contributed by atoms with Gasteiger partial charge in [0.05, 0.1) is 12.6 Å². The Morgan fingerprint density at radius 1 is 1.73 bits per heavy atom. The van der Waals surface area contributed by atoms with Crippen LogP contribution in [0.3, 0.4) is 0 Å². The Hall–Kier alpha value is -1.36. The molecule has 1 aromatic rings. The van der Waals surface area contributed by atoms with E-state index in [4.69, 9.17) is 5.73 Å². The SMILES string of the molecule is CCC(C)[C@H](N)C(=O)NCc1ncc[nH]1. The second-order valence-electron chi connectivity index (χ2n) is 3.66. The third kappa shape index (κ3) is 3.36. The molecule has 0 aliphatic carbocycles. The van der Waals surface area contributed by atoms with E-state index in [9.17, 15) is 4.79 Å². The number of nitrogens with two attached hydrogens (primary N) is 1. The molecule has 0 aromatic carbocycles. The summed E-state index contributed by atoms with van der Waals surface area (Å²) >= 11 is 0. The summed E-state index contributed by atoms with van der Waals surface area (Å²) < 4.78 is 0. The predicted molar refractivity (Wildman–Crippen MR) is 57.9 cm³/mol. The van der Waals surface area contributed by atoms with Crippen molar-refractivity contribution in [2.75, 3.05) is 0 Å². The van der Waals surface area contributed by atoms with Gasteiger partial charge in [-0.05, 0) is 5.92 Å². The van der Waals surface area contributed by atoms with E-state index in [1.807, 2.05) is 13.8 Å². The van der Waals surface area contributed by atoms with Crippen LogP contribution in [0.5, 0.6) is 0 Å². The first kappa shape index (κ1) is 11.7. The highest BCUT2D eigenvalue weighted by atomic mass is 16.2. The van der Waals surface area contributed by atoms with Gasteiger partial charge in [0.2, 0.25) is 5.91 Å². The van der Waals surface area contributed by atoms with Gasteiger partial charge in [0.1, 0.15) is 5.82 Å². The molecule has 1 unspecified atom stereocenters. The molecule has 5 heteroatoms. The van der Waals surface area contributed by atoms with Gasteiger partial charge >= 0.3 is 0 Å². The molecule has 0 aliphatic rings. The van der Waals surface area contributed by atoms with Crippen LogP contribution in [0.15, 0.2) is 12.4 Å². The number of imidazole rings is 1. The molecule has 0 saturated heterocycles. The lowest BCUT2D eigenvalue weighted by Crippen LogP contribution is -2.44. The third-order valence-electron chi connectivity index (χ3n) is 2.54. The van der Waals surface area contributed by atoms with Gasteiger partial charge in [0.15, 0.2) is 0 Å². The Bertz CT molecular complexity index is 296. The molecule has 5 nitrogen and oxygen atoms in total. The van der Waals surface area contributed by atoms with Gasteiger partial charge in [-0.15, -0.1) is 0 Å². The standard InChI is InChI=1S/C10H18N4O/c1-3-7(2)9(11)10(15)14-6-8-12-4-5-13-8/h4-5,7,9H,3,6,11H2,1-2H3,(H,12,13)(H,14,15)/t7?,9-/m0/s1. The zero-order valence-corrected chi connectivity index (χ0v) is 9.16. The summed E-state index contributed by atoms with van der Waals surface area (Å²) in [7, 11) is 0. The van der Waals surface area contributed by atoms with Crippen LogP contribution in [-0.4, -0.2) is 21.9 Å². The first-order valence-corrected chi connectivity index (χ1v) is 5.16. The van der Waals surface area contributed by atoms with Gasteiger partial charge < -0.3 is 16.0 Å². The van der Waals surface area contributed by atoms with Crippen LogP contribution in [0.25, 0.3) is 0 Å². The Morgan fingerprint density at radius 2 is 2.47 bits per heavy atom. The normalized spacial score (nSPS) is 14.6. The number of nitrogens with zero attached hydrogens (tertiary/aromatic N) is 1. The average molecular weight is 210 g/mol. The Morgan fingerprint density at radius 3 is 3.00 bits per heavy atom. The summed E-state index contributed by atoms with van der Waals surface area (Å²) in [5.74, 6) is 0.807. The zero-order chi connectivity index (χ0) is 11.3. The molecule has 1 heterocycles. The largest absolute Gasteiger partial charge is 0.348 e. The number of rotatable bonds is 5. The molecule has 0 fully saturated rings. The fraction of sp³-hybridized carbons (Fsp3) is 0.600. The van der Waals surface area contributed by atoms with Gasteiger partial charge in [0.25, 0.3) is 0 Å². The Labute approximate surface area is 89.5 Å². The van der Waals surface area contributed by atoms with Gasteiger partial charge in [0, 0.05) is 12.4 Å². The summed E-state index contributed by atoms with van der Waals surface area (Å²) in [5.41, 5.74) is 5.77. The number of hydrogen-bond donors (Lipinski definition) is 3. The van der Waals surface area contributed by atoms with Gasteiger partial charge in [-0.25, -0.2) is 4.98 Å². The van der Waals surface area contributed by atoms with Crippen LogP contribution in [0.4, 0.5) is 0 Å². The molecule has 15 heavy (non-hydrogen) atoms. The van der Waals surface area contributed by atoms with E-state index < -0.39 is 6.04 Å². The minimum Gasteiger partial charge on any atom is -0.348 e. The van der Waals surface area contributed by atoms with Gasteiger partial charge in [-0.3, -0.25) is 4.79 Å². The fourth-order valence-corrected chi connectivity index (χ4v) is 1.20. The molecule has 0 spiro atoms. The summed E-state index contributed by atoms with van der Waals surface area (Å²) in [6.07, 6.45) is 4.27. The number of carbonyl (C=O) groups is 1. The molecule has 4 N–H and O–H groups in total. The average Bonchev–Trinajstić information content (AvgIpc) is 2.76. The Balaban J connectivity index is 2.36. The monoisotopic (exact) mass is 210 g/mol. The molecule has 0 radical (unpaired) electrons. The lowest BCUT2D eigenvalue weighted by molar-refractivity contribution is -0.123. The second-order valence-corrected chi connectivity index (χ2v) is 3.66. The topological polar surface area (TPSA) is 83.8 Å². The smallest absolute Gasteiger partial charge is 0.237 e. The number of carbonyl (C=O) groups excluding carboxylic acids is 1. The van der Waals surface area contributed by atoms with Crippen molar-refractivity contribution in [3.8, 4) is 0 Å². The third-order valence-corrected chi connectivity index (χ3v) is 2.54. The van der Waals surface area contributed by atoms with Crippen LogP contribution in [0.2, 0.25) is 0 Å². The summed E-state index contributed by atoms with van der Waals surface area (Å²) in [4.78, 5) is 18.5. The molecule has 0 bridgehead atoms. The van der Waals surface area contributed by atoms with Crippen molar-refractivity contribution in [3.05, 3.63) is 18.2 Å². The van der Waals surface area contributed by atoms with Crippen LogP contribution in [0, 0.1) is 5.92 Å². The first-order valence-electron chi connectivity index (χ1n) is 5.16. The number of H-pyrrole nitrogens is 1. The predicted octanol–water partition coefficient (Wildman–Crippen LogP) is 0.399. The lowest BCUT2D eigenvalue weighted by Gasteiger charge is -2.17. The molecule has 1 aromatic heterocycles. The van der Waals surface area contributed by atoms with Crippen LogP contribution >= 0.6 is 0 Å². The summed E-state index contributed by atoms with van der Waals surface area (Å²) in [5, 5.41) is 2.74. The van der Waals surface area contributed by atoms with E-state index in [0.29, 0.717) is 6.54 Å². The maximum atomic E-state index is 11.6. The van der Waals surface area contributed by atoms with Crippen LogP contribution in [0.1, 0.15) is 26.1 Å². The lowest BCUT2D eigenvalue weighted by atomic mass is 9.99. The van der Waals surface area contributed by atoms with Gasteiger partial charge in [-0.1, -0.05) is 20.3 Å². The van der Waals surface area contributed by atoms with Crippen molar-refractivity contribution in [2.45, 2.75) is 32.9 Å². The maximum Gasteiger partial charge on any atom is 0.237 e. The van der Waals surface area contributed by atoms with Crippen molar-refractivity contribution >= 4 is 5.91 Å². The second kappa shape index (κ2) is 5.50. The first-order chi connectivity index (χ1) is 7.15. The number of aromatic amines is 1. The maximum absolute atomic E-state index is 11.6. The molecule has 0 saturated carbocycles. The summed E-state index contributed by atoms with van der Waals surface area (Å²) in [6.45, 7) is 4.39. The highest BCUT2D eigenvalue weighted by Gasteiger charge is 2.18.